The molecule has 0 saturated carbocycles. The molecule has 1 atom stereocenters. The van der Waals surface area contributed by atoms with E-state index in [9.17, 15) is 18.0 Å². The van der Waals surface area contributed by atoms with E-state index in [1.165, 1.54) is 31.1 Å². The van der Waals surface area contributed by atoms with Crippen molar-refractivity contribution < 1.29 is 18.0 Å². The highest BCUT2D eigenvalue weighted by atomic mass is 19.4. The lowest BCUT2D eigenvalue weighted by Crippen LogP contribution is -2.39. The number of hydrogen-bond donors (Lipinski definition) is 0. The molecule has 2 amide bonds. The number of carbonyl (C=O) groups is 1. The van der Waals surface area contributed by atoms with Gasteiger partial charge in [-0.1, -0.05) is 20.4 Å². The van der Waals surface area contributed by atoms with Crippen LogP contribution in [0.1, 0.15) is 20.3 Å². The molecule has 0 aromatic rings. The van der Waals surface area contributed by atoms with Gasteiger partial charge < -0.3 is 4.90 Å². The number of nitrogens with zero attached hydrogens (tertiary/aromatic N) is 2. The van der Waals surface area contributed by atoms with Crippen LogP contribution in [0.3, 0.4) is 0 Å². The Morgan fingerprint density at radius 2 is 2.11 bits per heavy atom. The minimum absolute atomic E-state index is 0.153. The zero-order valence-corrected chi connectivity index (χ0v) is 11.2. The van der Waals surface area contributed by atoms with Crippen LogP contribution in [0, 0.1) is 5.92 Å². The van der Waals surface area contributed by atoms with Crippen LogP contribution in [-0.2, 0) is 0 Å². The highest BCUT2D eigenvalue weighted by Gasteiger charge is 2.41. The summed E-state index contributed by atoms with van der Waals surface area (Å²) in [5.74, 6) is -0.696. The summed E-state index contributed by atoms with van der Waals surface area (Å²) in [6, 6.07) is -0.558. The van der Waals surface area contributed by atoms with E-state index in [0.717, 1.165) is 11.1 Å². The smallest absolute Gasteiger partial charge is 0.303 e. The Hall–Kier alpha value is -1.72. The second kappa shape index (κ2) is 5.50. The topological polar surface area (TPSA) is 23.6 Å². The average molecular weight is 274 g/mol. The third-order valence-corrected chi connectivity index (χ3v) is 3.09. The summed E-state index contributed by atoms with van der Waals surface area (Å²) in [5.41, 5.74) is -0.854. The largest absolute Gasteiger partial charge is 0.414 e. The van der Waals surface area contributed by atoms with Crippen LogP contribution in [0.2, 0.25) is 0 Å². The van der Waals surface area contributed by atoms with Crippen LogP contribution in [0.25, 0.3) is 0 Å². The SMILES string of the molecule is C=CN1C(=O)N(C)C=C/C1=C(/C(C)CC)C(F)(F)F. The van der Waals surface area contributed by atoms with Gasteiger partial charge in [0, 0.05) is 19.4 Å². The van der Waals surface area contributed by atoms with Crippen molar-refractivity contribution >= 4 is 6.03 Å². The van der Waals surface area contributed by atoms with Gasteiger partial charge in [-0.3, -0.25) is 4.90 Å². The van der Waals surface area contributed by atoms with E-state index in [-0.39, 0.29) is 5.70 Å². The fourth-order valence-electron chi connectivity index (χ4n) is 1.88. The number of hydrogen-bond acceptors (Lipinski definition) is 1. The maximum Gasteiger partial charge on any atom is 0.414 e. The maximum atomic E-state index is 13.2. The monoisotopic (exact) mass is 274 g/mol. The van der Waals surface area contributed by atoms with Crippen molar-refractivity contribution in [2.24, 2.45) is 5.92 Å². The zero-order chi connectivity index (χ0) is 14.8. The number of carbonyl (C=O) groups excluding carboxylic acids is 1. The van der Waals surface area contributed by atoms with Gasteiger partial charge in [0.1, 0.15) is 0 Å². The van der Waals surface area contributed by atoms with Crippen LogP contribution in [-0.4, -0.2) is 29.1 Å². The minimum atomic E-state index is -4.48. The Balaban J connectivity index is 3.47. The van der Waals surface area contributed by atoms with Gasteiger partial charge in [0.25, 0.3) is 0 Å². The summed E-state index contributed by atoms with van der Waals surface area (Å²) < 4.78 is 39.6. The van der Waals surface area contributed by atoms with E-state index in [0.29, 0.717) is 6.42 Å². The standard InChI is InChI=1S/C13H17F3N2O/c1-5-9(3)11(13(14,15)16)10-7-8-17(4)12(19)18(10)6-2/h6-9H,2,5H2,1,3-4H3/b11-10+. The number of amides is 2. The van der Waals surface area contributed by atoms with Crippen molar-refractivity contribution in [2.75, 3.05) is 7.05 Å². The molecule has 1 aliphatic heterocycles. The normalized spacial score (nSPS) is 20.6. The molecule has 19 heavy (non-hydrogen) atoms. The summed E-state index contributed by atoms with van der Waals surface area (Å²) in [7, 11) is 1.47. The second-order valence-electron chi connectivity index (χ2n) is 4.37. The zero-order valence-electron chi connectivity index (χ0n) is 11.2. The van der Waals surface area contributed by atoms with E-state index >= 15 is 0 Å². The third kappa shape index (κ3) is 3.00. The molecule has 0 bridgehead atoms. The van der Waals surface area contributed by atoms with E-state index in [1.54, 1.807) is 6.92 Å². The van der Waals surface area contributed by atoms with Crippen LogP contribution in [0.4, 0.5) is 18.0 Å². The Kier molecular flexibility index (Phi) is 4.44. The molecule has 0 spiro atoms. The van der Waals surface area contributed by atoms with E-state index in [1.807, 2.05) is 0 Å². The van der Waals surface area contributed by atoms with Gasteiger partial charge in [0.05, 0.1) is 11.3 Å². The second-order valence-corrected chi connectivity index (χ2v) is 4.37. The Bertz CT molecular complexity index is 438. The van der Waals surface area contributed by atoms with E-state index in [2.05, 4.69) is 6.58 Å². The molecule has 0 saturated heterocycles. The molecular formula is C13H17F3N2O. The lowest BCUT2D eigenvalue weighted by Gasteiger charge is -2.32. The molecule has 0 radical (unpaired) electrons. The van der Waals surface area contributed by atoms with Crippen LogP contribution >= 0.6 is 0 Å². The van der Waals surface area contributed by atoms with Crippen molar-refractivity contribution in [3.63, 3.8) is 0 Å². The summed E-state index contributed by atoms with van der Waals surface area (Å²) in [6.45, 7) is 6.58. The van der Waals surface area contributed by atoms with Crippen LogP contribution in [0.15, 0.2) is 36.3 Å². The van der Waals surface area contributed by atoms with Crippen molar-refractivity contribution in [2.45, 2.75) is 26.4 Å². The van der Waals surface area contributed by atoms with Gasteiger partial charge in [0.15, 0.2) is 0 Å². The molecule has 3 nitrogen and oxygen atoms in total. The first-order valence-corrected chi connectivity index (χ1v) is 5.92. The van der Waals surface area contributed by atoms with Gasteiger partial charge in [-0.2, -0.15) is 13.2 Å². The lowest BCUT2D eigenvalue weighted by molar-refractivity contribution is -0.100. The molecular weight excluding hydrogens is 257 g/mol. The van der Waals surface area contributed by atoms with Crippen molar-refractivity contribution in [3.05, 3.63) is 36.3 Å². The molecule has 0 fully saturated rings. The van der Waals surface area contributed by atoms with Crippen molar-refractivity contribution in [1.82, 2.24) is 9.80 Å². The van der Waals surface area contributed by atoms with Gasteiger partial charge in [-0.25, -0.2) is 4.79 Å². The van der Waals surface area contributed by atoms with Gasteiger partial charge in [-0.15, -0.1) is 0 Å². The first-order chi connectivity index (χ1) is 8.73. The van der Waals surface area contributed by atoms with Crippen LogP contribution < -0.4 is 0 Å². The van der Waals surface area contributed by atoms with Crippen LogP contribution in [0.5, 0.6) is 0 Å². The number of allylic oxidation sites excluding steroid dienone is 2. The molecule has 1 aliphatic rings. The minimum Gasteiger partial charge on any atom is -0.303 e. The molecule has 1 rings (SSSR count). The Morgan fingerprint density at radius 3 is 2.53 bits per heavy atom. The fourth-order valence-corrected chi connectivity index (χ4v) is 1.88. The predicted octanol–water partition coefficient (Wildman–Crippen LogP) is 3.87. The number of alkyl halides is 3. The van der Waals surface area contributed by atoms with Gasteiger partial charge >= 0.3 is 12.2 Å². The molecule has 6 heteroatoms. The molecule has 0 aromatic carbocycles. The number of urea groups is 1. The lowest BCUT2D eigenvalue weighted by atomic mass is 9.95. The Morgan fingerprint density at radius 1 is 1.53 bits per heavy atom. The van der Waals surface area contributed by atoms with Gasteiger partial charge in [0.2, 0.25) is 0 Å². The van der Waals surface area contributed by atoms with Crippen molar-refractivity contribution in [1.29, 1.82) is 0 Å². The molecule has 1 unspecified atom stereocenters. The van der Waals surface area contributed by atoms with E-state index < -0.39 is 23.7 Å². The first kappa shape index (κ1) is 15.3. The summed E-state index contributed by atoms with van der Waals surface area (Å²) in [4.78, 5) is 14.0. The Labute approximate surface area is 110 Å². The highest BCUT2D eigenvalue weighted by Crippen LogP contribution is 2.37. The molecule has 0 aliphatic carbocycles. The number of halogens is 3. The highest BCUT2D eigenvalue weighted by molar-refractivity contribution is 5.80. The molecule has 0 N–H and O–H groups in total. The summed E-state index contributed by atoms with van der Waals surface area (Å²) in [5, 5.41) is 0. The number of rotatable bonds is 3. The maximum absolute atomic E-state index is 13.2. The fraction of sp³-hybridized carbons (Fsp3) is 0.462. The molecule has 106 valence electrons. The predicted molar refractivity (Wildman–Crippen MR) is 66.9 cm³/mol. The quantitative estimate of drug-likeness (QED) is 0.766. The average Bonchev–Trinajstić information content (AvgIpc) is 2.32. The van der Waals surface area contributed by atoms with Gasteiger partial charge in [-0.05, 0) is 18.4 Å². The third-order valence-electron chi connectivity index (χ3n) is 3.09. The molecule has 1 heterocycles. The molecule has 0 aromatic heterocycles. The van der Waals surface area contributed by atoms with E-state index in [4.69, 9.17) is 0 Å². The first-order valence-electron chi connectivity index (χ1n) is 5.92. The summed E-state index contributed by atoms with van der Waals surface area (Å²) >= 11 is 0. The summed E-state index contributed by atoms with van der Waals surface area (Å²) in [6.07, 6.45) is -0.427. The van der Waals surface area contributed by atoms with Crippen molar-refractivity contribution in [3.8, 4) is 0 Å².